The largest absolute Gasteiger partial charge is 0.383 e. The Morgan fingerprint density at radius 2 is 2.33 bits per heavy atom. The summed E-state index contributed by atoms with van der Waals surface area (Å²) in [5.74, 6) is 0.970. The number of fused-ring (bicyclic) bond motifs is 1. The number of nitrogens with zero attached hydrogens (tertiary/aromatic N) is 4. The maximum Gasteiger partial charge on any atom is 0.244 e. The van der Waals surface area contributed by atoms with E-state index in [2.05, 4.69) is 19.8 Å². The number of hydrogen-bond donors (Lipinski definition) is 2. The summed E-state index contributed by atoms with van der Waals surface area (Å²) in [6, 6.07) is 0.774. The molecule has 0 radical (unpaired) electrons. The van der Waals surface area contributed by atoms with Crippen LogP contribution in [0.3, 0.4) is 0 Å². The number of aromatic nitrogens is 4. The Labute approximate surface area is 144 Å². The lowest BCUT2D eigenvalue weighted by molar-refractivity contribution is 0.177. The quantitative estimate of drug-likeness (QED) is 0.797. The van der Waals surface area contributed by atoms with E-state index in [0.29, 0.717) is 24.6 Å². The molecule has 11 heteroatoms. The van der Waals surface area contributed by atoms with Crippen molar-refractivity contribution in [3.05, 3.63) is 28.9 Å². The first-order valence-electron chi connectivity index (χ1n) is 7.26. The molecule has 3 N–H and O–H groups in total. The molecule has 0 spiro atoms. The Kier molecular flexibility index (Phi) is 4.72. The number of ether oxygens (including phenoxy) is 1. The maximum atomic E-state index is 12.6. The normalized spacial score (nSPS) is 17.7. The zero-order valence-electron chi connectivity index (χ0n) is 12.9. The molecular formula is C13H17ClN6O3S. The molecule has 24 heavy (non-hydrogen) atoms. The number of methoxy groups -OCH3 is 1. The smallest absolute Gasteiger partial charge is 0.244 e. The molecule has 0 aliphatic carbocycles. The average molecular weight is 373 g/mol. The van der Waals surface area contributed by atoms with Gasteiger partial charge in [-0.3, -0.25) is 0 Å². The van der Waals surface area contributed by atoms with Crippen molar-refractivity contribution in [3.63, 3.8) is 0 Å². The molecule has 0 bridgehead atoms. The van der Waals surface area contributed by atoms with Gasteiger partial charge < -0.3 is 10.5 Å². The number of nitrogens with two attached hydrogens (primary N) is 1. The van der Waals surface area contributed by atoms with Crippen LogP contribution in [-0.4, -0.2) is 35.3 Å². The molecule has 1 atom stereocenters. The Bertz CT molecular complexity index is 853. The van der Waals surface area contributed by atoms with Crippen LogP contribution in [0.15, 0.2) is 17.2 Å². The summed E-state index contributed by atoms with van der Waals surface area (Å²) in [6.07, 6.45) is 2.68. The highest BCUT2D eigenvalue weighted by Crippen LogP contribution is 2.27. The molecule has 0 amide bonds. The number of rotatable bonds is 5. The second kappa shape index (κ2) is 6.63. The first-order valence-corrected chi connectivity index (χ1v) is 9.12. The fraction of sp³-hybridized carbons (Fsp3) is 0.462. The third-order valence-corrected chi connectivity index (χ3v) is 5.33. The molecule has 2 aromatic rings. The fourth-order valence-electron chi connectivity index (χ4n) is 2.60. The van der Waals surface area contributed by atoms with Crippen LogP contribution in [0.2, 0.25) is 5.02 Å². The van der Waals surface area contributed by atoms with Crippen molar-refractivity contribution in [2.24, 2.45) is 0 Å². The monoisotopic (exact) mass is 372 g/mol. The number of pyridine rings is 1. The number of nitrogen functional groups attached to an aromatic ring is 1. The van der Waals surface area contributed by atoms with Gasteiger partial charge >= 0.3 is 0 Å². The molecule has 3 heterocycles. The molecule has 0 unspecified atom stereocenters. The van der Waals surface area contributed by atoms with Gasteiger partial charge in [-0.2, -0.15) is 5.10 Å². The Hall–Kier alpha value is -1.75. The standard InChI is InChI=1S/C13H17ClN6O3S/c1-23-7-11-17-13-9(3-2-4-20(13)18-11)19-24(21,22)10-5-8(14)6-16-12(10)15/h5-6,9,19H,2-4,7H2,1H3,(H2,15,16)/t9-/m1/s1. The minimum atomic E-state index is -3.89. The van der Waals surface area contributed by atoms with Gasteiger partial charge in [-0.05, 0) is 18.9 Å². The zero-order valence-corrected chi connectivity index (χ0v) is 14.5. The number of hydrogen-bond acceptors (Lipinski definition) is 7. The molecule has 3 rings (SSSR count). The minimum absolute atomic E-state index is 0.107. The number of halogens is 1. The summed E-state index contributed by atoms with van der Waals surface area (Å²) in [5, 5.41) is 4.51. The second-order valence-electron chi connectivity index (χ2n) is 5.40. The fourth-order valence-corrected chi connectivity index (χ4v) is 4.16. The molecule has 130 valence electrons. The van der Waals surface area contributed by atoms with E-state index in [-0.39, 0.29) is 22.3 Å². The molecule has 0 aromatic carbocycles. The molecule has 9 nitrogen and oxygen atoms in total. The van der Waals surface area contributed by atoms with E-state index in [1.807, 2.05) is 0 Å². The van der Waals surface area contributed by atoms with Crippen LogP contribution >= 0.6 is 11.6 Å². The lowest BCUT2D eigenvalue weighted by Gasteiger charge is -2.23. The number of nitrogens with one attached hydrogen (secondary N) is 1. The van der Waals surface area contributed by atoms with Gasteiger partial charge in [-0.1, -0.05) is 11.6 Å². The van der Waals surface area contributed by atoms with E-state index in [1.165, 1.54) is 12.3 Å². The van der Waals surface area contributed by atoms with E-state index in [9.17, 15) is 8.42 Å². The third kappa shape index (κ3) is 3.36. The van der Waals surface area contributed by atoms with E-state index in [1.54, 1.807) is 11.8 Å². The van der Waals surface area contributed by atoms with Crippen LogP contribution in [0.25, 0.3) is 0 Å². The molecular weight excluding hydrogens is 356 g/mol. The third-order valence-electron chi connectivity index (χ3n) is 3.63. The lowest BCUT2D eigenvalue weighted by Crippen LogP contribution is -2.33. The van der Waals surface area contributed by atoms with Gasteiger partial charge in [0.25, 0.3) is 0 Å². The number of anilines is 1. The minimum Gasteiger partial charge on any atom is -0.383 e. The van der Waals surface area contributed by atoms with Crippen molar-refractivity contribution >= 4 is 27.4 Å². The highest BCUT2D eigenvalue weighted by molar-refractivity contribution is 7.89. The molecule has 2 aromatic heterocycles. The summed E-state index contributed by atoms with van der Waals surface area (Å²) in [7, 11) is -2.34. The Morgan fingerprint density at radius 3 is 3.08 bits per heavy atom. The molecule has 0 fully saturated rings. The summed E-state index contributed by atoms with van der Waals surface area (Å²) in [6.45, 7) is 0.954. The van der Waals surface area contributed by atoms with E-state index >= 15 is 0 Å². The molecule has 0 saturated heterocycles. The van der Waals surface area contributed by atoms with Crippen molar-refractivity contribution in [1.29, 1.82) is 0 Å². The van der Waals surface area contributed by atoms with Crippen molar-refractivity contribution in [2.75, 3.05) is 12.8 Å². The zero-order chi connectivity index (χ0) is 17.3. The summed E-state index contributed by atoms with van der Waals surface area (Å²) < 4.78 is 34.6. The summed E-state index contributed by atoms with van der Waals surface area (Å²) >= 11 is 5.83. The van der Waals surface area contributed by atoms with Crippen molar-refractivity contribution < 1.29 is 13.2 Å². The first kappa shape index (κ1) is 17.1. The molecule has 0 saturated carbocycles. The Balaban J connectivity index is 1.90. The summed E-state index contributed by atoms with van der Waals surface area (Å²) in [4.78, 5) is 8.01. The van der Waals surface area contributed by atoms with E-state index in [4.69, 9.17) is 22.1 Å². The lowest BCUT2D eigenvalue weighted by atomic mass is 10.1. The van der Waals surface area contributed by atoms with Gasteiger partial charge in [0.15, 0.2) is 5.82 Å². The highest BCUT2D eigenvalue weighted by Gasteiger charge is 2.30. The number of aryl methyl sites for hydroxylation is 1. The van der Waals surface area contributed by atoms with Crippen molar-refractivity contribution in [2.45, 2.75) is 36.9 Å². The van der Waals surface area contributed by atoms with Gasteiger partial charge in [0, 0.05) is 19.9 Å². The van der Waals surface area contributed by atoms with Crippen molar-refractivity contribution in [1.82, 2.24) is 24.5 Å². The molecule has 1 aliphatic heterocycles. The second-order valence-corrected chi connectivity index (χ2v) is 7.51. The van der Waals surface area contributed by atoms with Crippen LogP contribution in [0.1, 0.15) is 30.5 Å². The highest BCUT2D eigenvalue weighted by atomic mass is 35.5. The van der Waals surface area contributed by atoms with Crippen LogP contribution in [0.4, 0.5) is 5.82 Å². The maximum absolute atomic E-state index is 12.6. The predicted molar refractivity (Wildman–Crippen MR) is 86.7 cm³/mol. The van der Waals surface area contributed by atoms with Gasteiger partial charge in [0.1, 0.15) is 23.1 Å². The van der Waals surface area contributed by atoms with Gasteiger partial charge in [0.2, 0.25) is 10.0 Å². The van der Waals surface area contributed by atoms with Crippen LogP contribution in [-0.2, 0) is 27.9 Å². The molecule has 1 aliphatic rings. The topological polar surface area (TPSA) is 125 Å². The van der Waals surface area contributed by atoms with E-state index < -0.39 is 16.1 Å². The van der Waals surface area contributed by atoms with Gasteiger partial charge in [-0.25, -0.2) is 27.8 Å². The SMILES string of the molecule is COCc1nc2n(n1)CCC[C@H]2NS(=O)(=O)c1cc(Cl)cnc1N. The Morgan fingerprint density at radius 1 is 1.54 bits per heavy atom. The van der Waals surface area contributed by atoms with Crippen LogP contribution < -0.4 is 10.5 Å². The van der Waals surface area contributed by atoms with Crippen molar-refractivity contribution in [3.8, 4) is 0 Å². The predicted octanol–water partition coefficient (Wildman–Crippen LogP) is 0.869. The number of sulfonamides is 1. The summed E-state index contributed by atoms with van der Waals surface area (Å²) in [5.41, 5.74) is 5.68. The van der Waals surface area contributed by atoms with Crippen LogP contribution in [0.5, 0.6) is 0 Å². The first-order chi connectivity index (χ1) is 11.4. The van der Waals surface area contributed by atoms with Gasteiger partial charge in [0.05, 0.1) is 11.1 Å². The average Bonchev–Trinajstić information content (AvgIpc) is 2.93. The van der Waals surface area contributed by atoms with Crippen LogP contribution in [0, 0.1) is 0 Å². The van der Waals surface area contributed by atoms with E-state index in [0.717, 1.165) is 6.42 Å². The van der Waals surface area contributed by atoms with Gasteiger partial charge in [-0.15, -0.1) is 0 Å².